The van der Waals surface area contributed by atoms with Crippen molar-refractivity contribution in [1.82, 2.24) is 15.2 Å². The molecule has 0 spiro atoms. The highest BCUT2D eigenvalue weighted by molar-refractivity contribution is 5.96. The van der Waals surface area contributed by atoms with Gasteiger partial charge in [-0.15, -0.1) is 0 Å². The summed E-state index contributed by atoms with van der Waals surface area (Å²) in [4.78, 5) is 4.31. The average Bonchev–Trinajstić information content (AvgIpc) is 2.75. The lowest BCUT2D eigenvalue weighted by molar-refractivity contribution is 1.10. The van der Waals surface area contributed by atoms with E-state index in [1.54, 1.807) is 12.4 Å². The molecule has 1 aromatic carbocycles. The van der Waals surface area contributed by atoms with Crippen LogP contribution in [-0.4, -0.2) is 15.2 Å². The molecule has 0 aliphatic heterocycles. The molecule has 0 bridgehead atoms. The van der Waals surface area contributed by atoms with Crippen LogP contribution in [0.5, 0.6) is 0 Å². The first-order valence-electron chi connectivity index (χ1n) is 4.99. The average molecular weight is 210 g/mol. The van der Waals surface area contributed by atoms with Gasteiger partial charge in [-0.2, -0.15) is 5.10 Å². The minimum absolute atomic E-state index is 0.580. The molecule has 0 aliphatic rings. The fraction of sp³-hybridized carbons (Fsp3) is 0. The molecule has 4 nitrogen and oxygen atoms in total. The molecule has 2 heterocycles. The lowest BCUT2D eigenvalue weighted by atomic mass is 10.0. The van der Waals surface area contributed by atoms with Gasteiger partial charge in [0, 0.05) is 17.1 Å². The molecular formula is C12H10N4. The third-order valence-electron chi connectivity index (χ3n) is 2.61. The van der Waals surface area contributed by atoms with Crippen molar-refractivity contribution in [2.45, 2.75) is 0 Å². The number of fused-ring (bicyclic) bond motifs is 1. The first-order chi connectivity index (χ1) is 7.86. The molecular weight excluding hydrogens is 200 g/mol. The SMILES string of the molecule is Nc1[nH]ncc1-c1ccnc2ccccc12. The van der Waals surface area contributed by atoms with Crippen LogP contribution in [0.1, 0.15) is 0 Å². The van der Waals surface area contributed by atoms with Crippen LogP contribution in [0.15, 0.2) is 42.7 Å². The van der Waals surface area contributed by atoms with E-state index in [0.717, 1.165) is 22.0 Å². The number of nitrogens with two attached hydrogens (primary N) is 1. The molecule has 3 N–H and O–H groups in total. The van der Waals surface area contributed by atoms with Crippen molar-refractivity contribution in [3.63, 3.8) is 0 Å². The quantitative estimate of drug-likeness (QED) is 0.647. The minimum atomic E-state index is 0.580. The molecule has 0 saturated heterocycles. The number of anilines is 1. The highest BCUT2D eigenvalue weighted by atomic mass is 15.1. The molecule has 16 heavy (non-hydrogen) atoms. The Morgan fingerprint density at radius 2 is 1.94 bits per heavy atom. The summed E-state index contributed by atoms with van der Waals surface area (Å²) >= 11 is 0. The van der Waals surface area contributed by atoms with Gasteiger partial charge in [-0.3, -0.25) is 10.1 Å². The van der Waals surface area contributed by atoms with E-state index in [1.165, 1.54) is 0 Å². The summed E-state index contributed by atoms with van der Waals surface area (Å²) in [6.45, 7) is 0. The molecule has 0 aliphatic carbocycles. The number of benzene rings is 1. The third-order valence-corrected chi connectivity index (χ3v) is 2.61. The molecule has 0 unspecified atom stereocenters. The normalized spacial score (nSPS) is 10.8. The predicted octanol–water partition coefficient (Wildman–Crippen LogP) is 2.21. The number of nitrogens with one attached hydrogen (secondary N) is 1. The second-order valence-corrected chi connectivity index (χ2v) is 3.57. The Labute approximate surface area is 92.1 Å². The summed E-state index contributed by atoms with van der Waals surface area (Å²) in [6.07, 6.45) is 3.52. The Morgan fingerprint density at radius 1 is 1.06 bits per heavy atom. The van der Waals surface area contributed by atoms with Gasteiger partial charge in [0.25, 0.3) is 0 Å². The van der Waals surface area contributed by atoms with Crippen molar-refractivity contribution in [2.75, 3.05) is 5.73 Å². The molecule has 0 radical (unpaired) electrons. The first kappa shape index (κ1) is 8.91. The lowest BCUT2D eigenvalue weighted by Gasteiger charge is -2.04. The molecule has 3 aromatic rings. The van der Waals surface area contributed by atoms with Gasteiger partial charge in [0.05, 0.1) is 11.7 Å². The fourth-order valence-corrected chi connectivity index (χ4v) is 1.84. The molecule has 0 amide bonds. The van der Waals surface area contributed by atoms with Crippen molar-refractivity contribution < 1.29 is 0 Å². The van der Waals surface area contributed by atoms with E-state index in [1.807, 2.05) is 30.3 Å². The Morgan fingerprint density at radius 3 is 2.75 bits per heavy atom. The zero-order valence-electron chi connectivity index (χ0n) is 8.51. The van der Waals surface area contributed by atoms with Gasteiger partial charge in [-0.1, -0.05) is 18.2 Å². The van der Waals surface area contributed by atoms with Gasteiger partial charge in [0.1, 0.15) is 5.82 Å². The molecule has 2 aromatic heterocycles. The van der Waals surface area contributed by atoms with Crippen molar-refractivity contribution >= 4 is 16.7 Å². The summed E-state index contributed by atoms with van der Waals surface area (Å²) < 4.78 is 0. The Hall–Kier alpha value is -2.36. The summed E-state index contributed by atoms with van der Waals surface area (Å²) in [5, 5.41) is 7.76. The van der Waals surface area contributed by atoms with Gasteiger partial charge in [-0.25, -0.2) is 0 Å². The van der Waals surface area contributed by atoms with E-state index in [2.05, 4.69) is 15.2 Å². The number of nitrogens with zero attached hydrogens (tertiary/aromatic N) is 2. The number of H-pyrrole nitrogens is 1. The number of hydrogen-bond acceptors (Lipinski definition) is 3. The van der Waals surface area contributed by atoms with Gasteiger partial charge in [0.2, 0.25) is 0 Å². The van der Waals surface area contributed by atoms with E-state index in [-0.39, 0.29) is 0 Å². The van der Waals surface area contributed by atoms with Gasteiger partial charge < -0.3 is 5.73 Å². The first-order valence-corrected chi connectivity index (χ1v) is 4.99. The number of aromatic nitrogens is 3. The van der Waals surface area contributed by atoms with E-state index in [0.29, 0.717) is 5.82 Å². The second-order valence-electron chi connectivity index (χ2n) is 3.57. The maximum atomic E-state index is 5.83. The van der Waals surface area contributed by atoms with Crippen LogP contribution >= 0.6 is 0 Å². The van der Waals surface area contributed by atoms with Gasteiger partial charge in [-0.05, 0) is 17.7 Å². The summed E-state index contributed by atoms with van der Waals surface area (Å²) in [5.41, 5.74) is 8.75. The summed E-state index contributed by atoms with van der Waals surface area (Å²) in [7, 11) is 0. The zero-order chi connectivity index (χ0) is 11.0. The molecule has 4 heteroatoms. The highest BCUT2D eigenvalue weighted by Crippen LogP contribution is 2.29. The smallest absolute Gasteiger partial charge is 0.126 e. The monoisotopic (exact) mass is 210 g/mol. The fourth-order valence-electron chi connectivity index (χ4n) is 1.84. The Kier molecular flexibility index (Phi) is 1.86. The molecule has 3 rings (SSSR count). The maximum absolute atomic E-state index is 5.83. The summed E-state index contributed by atoms with van der Waals surface area (Å²) in [5.74, 6) is 0.580. The lowest BCUT2D eigenvalue weighted by Crippen LogP contribution is -1.89. The van der Waals surface area contributed by atoms with Gasteiger partial charge in [0.15, 0.2) is 0 Å². The largest absolute Gasteiger partial charge is 0.384 e. The minimum Gasteiger partial charge on any atom is -0.384 e. The highest BCUT2D eigenvalue weighted by Gasteiger charge is 2.08. The number of para-hydroxylation sites is 1. The molecule has 78 valence electrons. The van der Waals surface area contributed by atoms with E-state index < -0.39 is 0 Å². The van der Waals surface area contributed by atoms with Crippen molar-refractivity contribution in [1.29, 1.82) is 0 Å². The van der Waals surface area contributed by atoms with E-state index in [4.69, 9.17) is 5.73 Å². The molecule has 0 fully saturated rings. The van der Waals surface area contributed by atoms with Crippen LogP contribution < -0.4 is 5.73 Å². The van der Waals surface area contributed by atoms with Crippen LogP contribution in [0.25, 0.3) is 22.0 Å². The van der Waals surface area contributed by atoms with Gasteiger partial charge >= 0.3 is 0 Å². The Bertz CT molecular complexity index is 637. The van der Waals surface area contributed by atoms with Crippen LogP contribution in [0.2, 0.25) is 0 Å². The number of pyridine rings is 1. The Balaban J connectivity index is 2.36. The molecule has 0 atom stereocenters. The molecule has 0 saturated carbocycles. The second kappa shape index (κ2) is 3.34. The predicted molar refractivity (Wildman–Crippen MR) is 63.7 cm³/mol. The van der Waals surface area contributed by atoms with Crippen LogP contribution in [0, 0.1) is 0 Å². The van der Waals surface area contributed by atoms with Crippen molar-refractivity contribution in [3.8, 4) is 11.1 Å². The van der Waals surface area contributed by atoms with E-state index >= 15 is 0 Å². The topological polar surface area (TPSA) is 67.6 Å². The van der Waals surface area contributed by atoms with Crippen LogP contribution in [0.3, 0.4) is 0 Å². The third kappa shape index (κ3) is 1.24. The van der Waals surface area contributed by atoms with Crippen LogP contribution in [0.4, 0.5) is 5.82 Å². The number of aromatic amines is 1. The van der Waals surface area contributed by atoms with Crippen molar-refractivity contribution in [3.05, 3.63) is 42.7 Å². The zero-order valence-corrected chi connectivity index (χ0v) is 8.51. The van der Waals surface area contributed by atoms with Crippen molar-refractivity contribution in [2.24, 2.45) is 0 Å². The maximum Gasteiger partial charge on any atom is 0.126 e. The number of nitrogen functional groups attached to an aromatic ring is 1. The summed E-state index contributed by atoms with van der Waals surface area (Å²) in [6, 6.07) is 9.92. The van der Waals surface area contributed by atoms with E-state index in [9.17, 15) is 0 Å². The number of hydrogen-bond donors (Lipinski definition) is 2. The standard InChI is InChI=1S/C12H10N4/c13-12-10(7-15-16-12)8-5-6-14-11-4-2-1-3-9(8)11/h1-7H,(H3,13,15,16). The number of rotatable bonds is 1. The van der Waals surface area contributed by atoms with Crippen LogP contribution in [-0.2, 0) is 0 Å².